The Hall–Kier alpha value is -1.04. The highest BCUT2D eigenvalue weighted by atomic mass is 16.3. The number of aliphatic hydroxyl groups is 3. The molecule has 1 unspecified atom stereocenters. The number of rotatable bonds is 15. The van der Waals surface area contributed by atoms with Crippen molar-refractivity contribution >= 4 is 11.6 Å². The summed E-state index contributed by atoms with van der Waals surface area (Å²) in [5.74, 6) is 0.539. The molecule has 5 nitrogen and oxygen atoms in total. The van der Waals surface area contributed by atoms with Gasteiger partial charge in [0.15, 0.2) is 5.78 Å². The van der Waals surface area contributed by atoms with Crippen LogP contribution in [0.3, 0.4) is 0 Å². The summed E-state index contributed by atoms with van der Waals surface area (Å²) in [4.78, 5) is 23.2. The van der Waals surface area contributed by atoms with Crippen LogP contribution in [0.4, 0.5) is 0 Å². The average molecular weight is 383 g/mol. The number of hydrogen-bond donors (Lipinski definition) is 3. The maximum atomic E-state index is 12.2. The van der Waals surface area contributed by atoms with E-state index in [1.54, 1.807) is 0 Å². The normalized spacial score (nSPS) is 22.4. The molecule has 3 atom stereocenters. The lowest BCUT2D eigenvalue weighted by Crippen LogP contribution is -2.32. The molecule has 0 heterocycles. The molecule has 0 aromatic carbocycles. The van der Waals surface area contributed by atoms with Gasteiger partial charge < -0.3 is 15.3 Å². The molecule has 0 spiro atoms. The number of unbranched alkanes of at least 4 members (excludes halogenated alkanes) is 4. The summed E-state index contributed by atoms with van der Waals surface area (Å²) >= 11 is 0. The van der Waals surface area contributed by atoms with E-state index in [1.165, 1.54) is 0 Å². The Morgan fingerprint density at radius 3 is 2.59 bits per heavy atom. The number of carbonyl (C=O) groups is 2. The molecule has 3 N–H and O–H groups in total. The molecule has 1 fully saturated rings. The van der Waals surface area contributed by atoms with Crippen LogP contribution in [0, 0.1) is 11.8 Å². The summed E-state index contributed by atoms with van der Waals surface area (Å²) in [5, 5.41) is 28.6. The van der Waals surface area contributed by atoms with Gasteiger partial charge in [-0.3, -0.25) is 9.59 Å². The van der Waals surface area contributed by atoms with Crippen LogP contribution in [0.2, 0.25) is 0 Å². The highest BCUT2D eigenvalue weighted by Gasteiger charge is 2.32. The average Bonchev–Trinajstić information content (AvgIpc) is 3.02. The van der Waals surface area contributed by atoms with E-state index in [4.69, 9.17) is 5.11 Å². The zero-order chi connectivity index (χ0) is 20.1. The van der Waals surface area contributed by atoms with Crippen LogP contribution in [-0.4, -0.2) is 45.7 Å². The van der Waals surface area contributed by atoms with Gasteiger partial charge in [0, 0.05) is 18.8 Å². The number of Topliss-reactive ketones (excluding diaryl/α,β-unsaturated/α-hetero) is 2. The Bertz CT molecular complexity index is 473. The van der Waals surface area contributed by atoms with Crippen LogP contribution in [0.5, 0.6) is 0 Å². The van der Waals surface area contributed by atoms with Crippen LogP contribution in [0.15, 0.2) is 12.2 Å². The van der Waals surface area contributed by atoms with E-state index in [9.17, 15) is 19.8 Å². The first-order valence-electron chi connectivity index (χ1n) is 10.6. The largest absolute Gasteiger partial charge is 0.393 e. The SMILES string of the molecule is CCCCC(O)(CO)CC=C[C@H]1CCC(=O)[C@@H]1CCCCCCC(=O)CO. The van der Waals surface area contributed by atoms with E-state index < -0.39 is 5.60 Å². The molecule has 156 valence electrons. The molecule has 1 rings (SSSR count). The van der Waals surface area contributed by atoms with Crippen molar-refractivity contribution in [2.75, 3.05) is 13.2 Å². The Balaban J connectivity index is 2.37. The van der Waals surface area contributed by atoms with Gasteiger partial charge in [-0.15, -0.1) is 0 Å². The van der Waals surface area contributed by atoms with Gasteiger partial charge in [0.05, 0.1) is 12.2 Å². The standard InChI is InChI=1S/C22H38O5/c1-2-3-14-22(27,17-24)15-8-9-18-12-13-21(26)20(18)11-7-5-4-6-10-19(25)16-23/h8-9,18,20,23-24,27H,2-7,10-17H2,1H3/t18-,20+,22?/m0/s1. The van der Waals surface area contributed by atoms with Gasteiger partial charge in [0.2, 0.25) is 0 Å². The first-order valence-corrected chi connectivity index (χ1v) is 10.6. The topological polar surface area (TPSA) is 94.8 Å². The van der Waals surface area contributed by atoms with E-state index in [0.717, 1.165) is 51.4 Å². The summed E-state index contributed by atoms with van der Waals surface area (Å²) in [7, 11) is 0. The summed E-state index contributed by atoms with van der Waals surface area (Å²) in [6.07, 6.45) is 13.5. The van der Waals surface area contributed by atoms with E-state index in [-0.39, 0.29) is 30.8 Å². The van der Waals surface area contributed by atoms with Crippen molar-refractivity contribution in [3.63, 3.8) is 0 Å². The molecule has 0 saturated heterocycles. The molecule has 1 aliphatic carbocycles. The van der Waals surface area contributed by atoms with Gasteiger partial charge >= 0.3 is 0 Å². The molecular formula is C22H38O5. The summed E-state index contributed by atoms with van der Waals surface area (Å²) in [6, 6.07) is 0. The Kier molecular flexibility index (Phi) is 11.7. The highest BCUT2D eigenvalue weighted by Crippen LogP contribution is 2.34. The minimum Gasteiger partial charge on any atom is -0.393 e. The van der Waals surface area contributed by atoms with Crippen molar-refractivity contribution in [2.45, 2.75) is 89.6 Å². The predicted molar refractivity (Wildman–Crippen MR) is 106 cm³/mol. The van der Waals surface area contributed by atoms with Crippen molar-refractivity contribution in [2.24, 2.45) is 11.8 Å². The summed E-state index contributed by atoms with van der Waals surface area (Å²) in [6.45, 7) is 1.46. The monoisotopic (exact) mass is 382 g/mol. The Labute approximate surface area is 163 Å². The van der Waals surface area contributed by atoms with Gasteiger partial charge in [-0.2, -0.15) is 0 Å². The molecule has 1 saturated carbocycles. The number of allylic oxidation sites excluding steroid dienone is 1. The van der Waals surface area contributed by atoms with Crippen LogP contribution < -0.4 is 0 Å². The Morgan fingerprint density at radius 1 is 1.19 bits per heavy atom. The summed E-state index contributed by atoms with van der Waals surface area (Å²) < 4.78 is 0. The molecule has 0 aromatic rings. The third-order valence-electron chi connectivity index (χ3n) is 5.72. The molecule has 5 heteroatoms. The van der Waals surface area contributed by atoms with Crippen LogP contribution >= 0.6 is 0 Å². The maximum absolute atomic E-state index is 12.2. The minimum atomic E-state index is -1.05. The van der Waals surface area contributed by atoms with Gasteiger partial charge in [-0.05, 0) is 38.0 Å². The van der Waals surface area contributed by atoms with E-state index >= 15 is 0 Å². The number of hydrogen-bond acceptors (Lipinski definition) is 5. The highest BCUT2D eigenvalue weighted by molar-refractivity contribution is 5.83. The molecule has 0 aliphatic heterocycles. The Morgan fingerprint density at radius 2 is 1.93 bits per heavy atom. The fraction of sp³-hybridized carbons (Fsp3) is 0.818. The first-order chi connectivity index (χ1) is 13.0. The van der Waals surface area contributed by atoms with Crippen molar-refractivity contribution in [1.82, 2.24) is 0 Å². The van der Waals surface area contributed by atoms with Crippen molar-refractivity contribution < 1.29 is 24.9 Å². The van der Waals surface area contributed by atoms with Crippen molar-refractivity contribution in [3.05, 3.63) is 12.2 Å². The van der Waals surface area contributed by atoms with E-state index in [2.05, 4.69) is 13.0 Å². The molecule has 27 heavy (non-hydrogen) atoms. The van der Waals surface area contributed by atoms with Crippen LogP contribution in [-0.2, 0) is 9.59 Å². The van der Waals surface area contributed by atoms with Crippen LogP contribution in [0.1, 0.15) is 84.0 Å². The predicted octanol–water partition coefficient (Wildman–Crippen LogP) is 3.34. The quantitative estimate of drug-likeness (QED) is 0.298. The van der Waals surface area contributed by atoms with Crippen LogP contribution in [0.25, 0.3) is 0 Å². The second-order valence-corrected chi connectivity index (χ2v) is 8.04. The second-order valence-electron chi connectivity index (χ2n) is 8.04. The lowest BCUT2D eigenvalue weighted by molar-refractivity contribution is -0.122. The van der Waals surface area contributed by atoms with Gasteiger partial charge in [0.25, 0.3) is 0 Å². The molecule has 1 aliphatic rings. The lowest BCUT2D eigenvalue weighted by atomic mass is 9.88. The molecule has 0 bridgehead atoms. The van der Waals surface area contributed by atoms with Gasteiger partial charge in [-0.25, -0.2) is 0 Å². The smallest absolute Gasteiger partial charge is 0.158 e. The van der Waals surface area contributed by atoms with Crippen molar-refractivity contribution in [1.29, 1.82) is 0 Å². The molecular weight excluding hydrogens is 344 g/mol. The van der Waals surface area contributed by atoms with E-state index in [0.29, 0.717) is 31.5 Å². The van der Waals surface area contributed by atoms with Crippen molar-refractivity contribution in [3.8, 4) is 0 Å². The van der Waals surface area contributed by atoms with E-state index in [1.807, 2.05) is 6.08 Å². The zero-order valence-corrected chi connectivity index (χ0v) is 16.9. The summed E-state index contributed by atoms with van der Waals surface area (Å²) in [5.41, 5.74) is -1.05. The van der Waals surface area contributed by atoms with Gasteiger partial charge in [0.1, 0.15) is 12.4 Å². The number of ketones is 2. The molecule has 0 radical (unpaired) electrons. The molecule has 0 amide bonds. The number of aliphatic hydroxyl groups excluding tert-OH is 2. The fourth-order valence-electron chi connectivity index (χ4n) is 3.87. The second kappa shape index (κ2) is 13.2. The van der Waals surface area contributed by atoms with Gasteiger partial charge in [-0.1, -0.05) is 51.2 Å². The minimum absolute atomic E-state index is 0.0678. The third kappa shape index (κ3) is 9.13. The first kappa shape index (κ1) is 24.0. The zero-order valence-electron chi connectivity index (χ0n) is 16.9. The third-order valence-corrected chi connectivity index (χ3v) is 5.72. The molecule has 0 aromatic heterocycles. The number of carbonyl (C=O) groups excluding carboxylic acids is 2. The lowest BCUT2D eigenvalue weighted by Gasteiger charge is -2.24. The maximum Gasteiger partial charge on any atom is 0.158 e. The fourth-order valence-corrected chi connectivity index (χ4v) is 3.87.